The maximum atomic E-state index is 12.0. The molecule has 0 aliphatic rings. The Morgan fingerprint density at radius 1 is 1.00 bits per heavy atom. The molecule has 0 bridgehead atoms. The summed E-state index contributed by atoms with van der Waals surface area (Å²) in [6.45, 7) is -1.67. The Morgan fingerprint density at radius 3 is 1.62 bits per heavy atom. The van der Waals surface area contributed by atoms with Crippen LogP contribution in [0.25, 0.3) is 0 Å². The van der Waals surface area contributed by atoms with Crippen LogP contribution < -0.4 is 0 Å². The van der Waals surface area contributed by atoms with E-state index in [1.54, 1.807) is 0 Å². The third-order valence-electron chi connectivity index (χ3n) is 1.92. The lowest BCUT2D eigenvalue weighted by Crippen LogP contribution is -2.54. The molecule has 0 aromatic carbocycles. The smallest absolute Gasteiger partial charge is 0.332 e. The summed E-state index contributed by atoms with van der Waals surface area (Å²) in [7, 11) is 0. The quantitative estimate of drug-likeness (QED) is 0.234. The second-order valence-corrected chi connectivity index (χ2v) is 3.94. The van der Waals surface area contributed by atoms with E-state index in [1.165, 1.54) is 0 Å². The van der Waals surface area contributed by atoms with Gasteiger partial charge in [0.25, 0.3) is 0 Å². The summed E-state index contributed by atoms with van der Waals surface area (Å²) in [5.74, 6) is -4.08. The molecule has 0 aromatic heterocycles. The van der Waals surface area contributed by atoms with Crippen molar-refractivity contribution in [2.45, 2.75) is 18.4 Å². The predicted octanol–water partition coefficient (Wildman–Crippen LogP) is 1.61. The minimum absolute atomic E-state index is 1.67. The van der Waals surface area contributed by atoms with Crippen LogP contribution in [0, 0.1) is 30.3 Å². The third-order valence-corrected chi connectivity index (χ3v) is 2.55. The first-order chi connectivity index (χ1) is 9.37. The Hall–Kier alpha value is -1.97. The van der Waals surface area contributed by atoms with Gasteiger partial charge in [0.1, 0.15) is 0 Å². The van der Waals surface area contributed by atoms with Crippen molar-refractivity contribution in [2.24, 2.45) is 0 Å². The van der Waals surface area contributed by atoms with Gasteiger partial charge >= 0.3 is 12.0 Å². The van der Waals surface area contributed by atoms with Gasteiger partial charge in [0, 0.05) is 0 Å². The number of alkyl halides is 3. The molecule has 0 unspecified atom stereocenters. The van der Waals surface area contributed by atoms with Crippen molar-refractivity contribution < 1.29 is 40.4 Å². The minimum atomic E-state index is -5.62. The van der Waals surface area contributed by atoms with Crippen molar-refractivity contribution >= 4 is 16.3 Å². The van der Waals surface area contributed by atoms with E-state index in [1.807, 2.05) is 0 Å². The Labute approximate surface area is 113 Å². The topological polar surface area (TPSA) is 139 Å². The number of hydrogen-bond acceptors (Lipinski definition) is 7. The lowest BCUT2D eigenvalue weighted by molar-refractivity contribution is -0.970. The van der Waals surface area contributed by atoms with Crippen LogP contribution in [0.15, 0.2) is 0 Å². The zero-order valence-corrected chi connectivity index (χ0v) is 10.2. The van der Waals surface area contributed by atoms with E-state index in [4.69, 9.17) is 0 Å². The SMILES string of the molecule is O=[N+]([O-])C(CCOC(=S(F)F)C(F)(F)F)([N+](=O)[O-])[N+](=O)[O-]. The van der Waals surface area contributed by atoms with Crippen LogP contribution in [-0.2, 0) is 4.74 Å². The molecule has 0 saturated heterocycles. The lowest BCUT2D eigenvalue weighted by atomic mass is 10.3. The van der Waals surface area contributed by atoms with Crippen molar-refractivity contribution in [1.82, 2.24) is 0 Å². The van der Waals surface area contributed by atoms with Gasteiger partial charge in [-0.2, -0.15) is 13.2 Å². The van der Waals surface area contributed by atoms with E-state index in [9.17, 15) is 51.3 Å². The van der Waals surface area contributed by atoms with Gasteiger partial charge < -0.3 is 4.74 Å². The van der Waals surface area contributed by atoms with E-state index in [2.05, 4.69) is 4.74 Å². The highest BCUT2D eigenvalue weighted by Crippen LogP contribution is 2.30. The molecule has 0 amide bonds. The molecule has 0 saturated carbocycles. The first kappa shape index (κ1) is 19.0. The molecule has 0 rings (SSSR count). The standard InChI is InChI=1S/C5H4F5N3O7S/c6-5(7,8)3(21(9)10)20-2-1-4(11(14)15,12(16)17)13(18)19/h1-2H2. The predicted molar refractivity (Wildman–Crippen MR) is 55.2 cm³/mol. The van der Waals surface area contributed by atoms with Gasteiger partial charge in [-0.15, -0.1) is 7.77 Å². The molecule has 0 aliphatic carbocycles. The molecule has 0 fully saturated rings. The molecule has 0 radical (unpaired) electrons. The number of rotatable bonds is 6. The highest BCUT2D eigenvalue weighted by atomic mass is 32.2. The first-order valence-electron chi connectivity index (χ1n) is 4.44. The Balaban J connectivity index is 5.21. The van der Waals surface area contributed by atoms with Crippen molar-refractivity contribution in [2.75, 3.05) is 6.61 Å². The number of ether oxygens (including phenoxy) is 1. The Morgan fingerprint density at radius 2 is 1.38 bits per heavy atom. The Bertz CT molecular complexity index is 453. The van der Waals surface area contributed by atoms with Crippen LogP contribution in [0.5, 0.6) is 0 Å². The zero-order chi connectivity index (χ0) is 17.0. The number of hydrogen-bond donors (Lipinski definition) is 0. The van der Waals surface area contributed by atoms with E-state index in [0.717, 1.165) is 0 Å². The molecule has 21 heavy (non-hydrogen) atoms. The largest absolute Gasteiger partial charge is 0.702 e. The lowest BCUT2D eigenvalue weighted by Gasteiger charge is -2.12. The molecule has 122 valence electrons. The van der Waals surface area contributed by atoms with E-state index >= 15 is 0 Å². The third kappa shape index (κ3) is 4.25. The summed E-state index contributed by atoms with van der Waals surface area (Å²) >= 11 is -4.42. The summed E-state index contributed by atoms with van der Waals surface area (Å²) in [6, 6.07) is 0. The monoisotopic (exact) mass is 345 g/mol. The van der Waals surface area contributed by atoms with E-state index < -0.39 is 56.1 Å². The van der Waals surface area contributed by atoms with Crippen LogP contribution in [0.3, 0.4) is 0 Å². The molecule has 0 N–H and O–H groups in total. The fourth-order valence-corrected chi connectivity index (χ4v) is 1.32. The average molecular weight is 345 g/mol. The van der Waals surface area contributed by atoms with Crippen molar-refractivity contribution in [3.8, 4) is 0 Å². The van der Waals surface area contributed by atoms with Crippen LogP contribution in [0.4, 0.5) is 20.9 Å². The Kier molecular flexibility index (Phi) is 6.03. The normalized spacial score (nSPS) is 12.3. The highest BCUT2D eigenvalue weighted by molar-refractivity contribution is 8.06. The minimum Gasteiger partial charge on any atom is -0.332 e. The van der Waals surface area contributed by atoms with Crippen LogP contribution >= 0.6 is 11.3 Å². The van der Waals surface area contributed by atoms with Crippen LogP contribution in [0.1, 0.15) is 6.42 Å². The van der Waals surface area contributed by atoms with Gasteiger partial charge in [-0.1, -0.05) is 0 Å². The molecule has 16 heteroatoms. The number of halogens is 5. The van der Waals surface area contributed by atoms with Crippen LogP contribution in [-0.4, -0.2) is 38.4 Å². The van der Waals surface area contributed by atoms with E-state index in [0.29, 0.717) is 0 Å². The summed E-state index contributed by atoms with van der Waals surface area (Å²) in [4.78, 5) is 25.3. The molecule has 10 nitrogen and oxygen atoms in total. The molecule has 0 aliphatic heterocycles. The molecular weight excluding hydrogens is 341 g/mol. The summed E-state index contributed by atoms with van der Waals surface area (Å²) in [6.07, 6.45) is -7.40. The van der Waals surface area contributed by atoms with Crippen molar-refractivity contribution in [3.63, 3.8) is 0 Å². The van der Waals surface area contributed by atoms with Gasteiger partial charge in [-0.3, -0.25) is 30.3 Å². The molecule has 0 aromatic rings. The second-order valence-electron chi connectivity index (χ2n) is 3.14. The first-order valence-corrected chi connectivity index (χ1v) is 5.47. The van der Waals surface area contributed by atoms with Gasteiger partial charge in [-0.05, 0) is 0 Å². The summed E-state index contributed by atoms with van der Waals surface area (Å²) < 4.78 is 63.7. The maximum Gasteiger partial charge on any atom is 0.702 e. The van der Waals surface area contributed by atoms with Crippen molar-refractivity contribution in [3.05, 3.63) is 30.3 Å². The van der Waals surface area contributed by atoms with Gasteiger partial charge in [0.15, 0.2) is 21.2 Å². The van der Waals surface area contributed by atoms with Gasteiger partial charge in [0.2, 0.25) is 16.3 Å². The van der Waals surface area contributed by atoms with E-state index in [-0.39, 0.29) is 0 Å². The second kappa shape index (κ2) is 6.66. The summed E-state index contributed by atoms with van der Waals surface area (Å²) in [5, 5.41) is 28.5. The zero-order valence-electron chi connectivity index (χ0n) is 9.41. The van der Waals surface area contributed by atoms with Gasteiger partial charge in [0.05, 0.1) is 6.61 Å². The number of nitrogens with zero attached hydrogens (tertiary/aromatic N) is 3. The van der Waals surface area contributed by atoms with Gasteiger partial charge in [-0.25, -0.2) is 0 Å². The molecule has 0 spiro atoms. The maximum absolute atomic E-state index is 12.0. The average Bonchev–Trinajstić information content (AvgIpc) is 2.24. The number of nitro groups is 3. The summed E-state index contributed by atoms with van der Waals surface area (Å²) in [5.41, 5.74) is 0. The molecular formula is C5H4F5N3O7S. The molecule has 0 atom stereocenters. The fraction of sp³-hybridized carbons (Fsp3) is 0.800. The van der Waals surface area contributed by atoms with Crippen LogP contribution in [0.2, 0.25) is 0 Å². The fourth-order valence-electron chi connectivity index (χ4n) is 0.968. The van der Waals surface area contributed by atoms with Crippen molar-refractivity contribution in [1.29, 1.82) is 0 Å². The molecule has 0 heterocycles. The highest BCUT2D eigenvalue weighted by Gasteiger charge is 2.69.